The second-order valence-corrected chi connectivity index (χ2v) is 2.03. The zero-order chi connectivity index (χ0) is 5.58. The molecule has 6 heavy (non-hydrogen) atoms. The van der Waals surface area contributed by atoms with E-state index in [-0.39, 0.29) is 18.6 Å². The van der Waals surface area contributed by atoms with E-state index >= 15 is 0 Å². The second-order valence-electron chi connectivity index (χ2n) is 0.492. The van der Waals surface area contributed by atoms with Crippen LogP contribution in [0.1, 0.15) is 0 Å². The summed E-state index contributed by atoms with van der Waals surface area (Å²) in [5.41, 5.74) is 0. The molecule has 0 aliphatic carbocycles. The Hall–Kier alpha value is 0.751. The van der Waals surface area contributed by atoms with E-state index in [9.17, 15) is 0 Å². The molecule has 0 aliphatic heterocycles. The van der Waals surface area contributed by atoms with Crippen molar-refractivity contribution in [3.05, 3.63) is 0 Å². The van der Waals surface area contributed by atoms with Crippen LogP contribution in [-0.2, 0) is 28.0 Å². The van der Waals surface area contributed by atoms with Crippen molar-refractivity contribution in [3.8, 4) is 0 Å². The van der Waals surface area contributed by atoms with Gasteiger partial charge in [0.25, 0.3) is 0 Å². The van der Waals surface area contributed by atoms with E-state index in [1.807, 2.05) is 0 Å². The summed E-state index contributed by atoms with van der Waals surface area (Å²) < 4.78 is 26.7. The molecule has 0 saturated heterocycles. The van der Waals surface area contributed by atoms with Crippen molar-refractivity contribution in [2.24, 2.45) is 0 Å². The molecule has 0 rings (SSSR count). The molecule has 0 bridgehead atoms. The summed E-state index contributed by atoms with van der Waals surface area (Å²) in [6, 6.07) is 0. The van der Waals surface area contributed by atoms with Crippen LogP contribution >= 0.6 is 0 Å². The van der Waals surface area contributed by atoms with Crippen molar-refractivity contribution in [3.63, 3.8) is 0 Å². The van der Waals surface area contributed by atoms with Gasteiger partial charge in [0.2, 0.25) is 0 Å². The van der Waals surface area contributed by atoms with Gasteiger partial charge in [-0.05, 0) is 0 Å². The first-order valence-electron chi connectivity index (χ1n) is 1.20. The molecule has 0 heterocycles. The van der Waals surface area contributed by atoms with Crippen LogP contribution in [0.25, 0.3) is 0 Å². The van der Waals surface area contributed by atoms with Gasteiger partial charge in [-0.3, -0.25) is 0 Å². The maximum atomic E-state index is 9.14. The van der Waals surface area contributed by atoms with Gasteiger partial charge >= 0.3 is 51.8 Å². The Balaban J connectivity index is 0. The van der Waals surface area contributed by atoms with Gasteiger partial charge in [-0.25, -0.2) is 0 Å². The number of rotatable bonds is 0. The quantitative estimate of drug-likeness (QED) is 0.477. The van der Waals surface area contributed by atoms with Gasteiger partial charge in [-0.15, -0.1) is 0 Å². The Bertz CT molecular complexity index is 68.9. The van der Waals surface area contributed by atoms with E-state index in [4.69, 9.17) is 10.2 Å². The first kappa shape index (κ1) is 9.89. The van der Waals surface area contributed by atoms with Gasteiger partial charge in [0, 0.05) is 0 Å². The summed E-state index contributed by atoms with van der Waals surface area (Å²) in [5.74, 6) is 0. The predicted octanol–water partition coefficient (Wildman–Crippen LogP) is -0.424. The molecule has 0 fully saturated rings. The average Bonchev–Trinajstić information content (AvgIpc) is 1.41. The molecule has 0 atom stereocenters. The molecule has 0 aliphatic rings. The Morgan fingerprint density at radius 3 is 1.33 bits per heavy atom. The van der Waals surface area contributed by atoms with E-state index in [0.29, 0.717) is 0 Å². The molecule has 0 unspecified atom stereocenters. The van der Waals surface area contributed by atoms with Crippen molar-refractivity contribution >= 4 is 18.6 Å². The topological polar surface area (TPSA) is 51.2 Å². The van der Waals surface area contributed by atoms with E-state index in [0.717, 1.165) is 0 Å². The second kappa shape index (κ2) is 9.23. The summed E-state index contributed by atoms with van der Waals surface area (Å²) in [6.07, 6.45) is 0. The van der Waals surface area contributed by atoms with E-state index in [2.05, 4.69) is 0 Å². The SMILES string of the molecule is [CH3][Ti](=[O])=[O].[O]=[GaH]. The van der Waals surface area contributed by atoms with Gasteiger partial charge in [-0.1, -0.05) is 0 Å². The van der Waals surface area contributed by atoms with E-state index in [1.165, 1.54) is 5.23 Å². The first-order chi connectivity index (χ1) is 2.73. The van der Waals surface area contributed by atoms with Crippen molar-refractivity contribution in [2.75, 3.05) is 0 Å². The van der Waals surface area contributed by atoms with Crippen LogP contribution in [-0.4, -0.2) is 18.6 Å². The summed E-state index contributed by atoms with van der Waals surface area (Å²) in [5, 5.41) is 1.22. The third kappa shape index (κ3) is 119. The fraction of sp³-hybridized carbons (Fsp3) is 1.00. The molecular weight excluding hydrogens is 178 g/mol. The van der Waals surface area contributed by atoms with Crippen LogP contribution in [0.2, 0.25) is 5.23 Å². The molecule has 33 valence electrons. The van der Waals surface area contributed by atoms with Crippen molar-refractivity contribution in [1.29, 1.82) is 0 Å². The fourth-order valence-corrected chi connectivity index (χ4v) is 0. The molecule has 5 heteroatoms. The molecule has 0 N–H and O–H groups in total. The zero-order valence-corrected chi connectivity index (χ0v) is 7.96. The third-order valence-electron chi connectivity index (χ3n) is 0. The molecule has 0 radical (unpaired) electrons. The molecule has 0 aromatic heterocycles. The summed E-state index contributed by atoms with van der Waals surface area (Å²) in [4.78, 5) is 0. The fourth-order valence-electron chi connectivity index (χ4n) is 0. The Morgan fingerprint density at radius 1 is 1.33 bits per heavy atom. The molecule has 3 nitrogen and oxygen atoms in total. The third-order valence-corrected chi connectivity index (χ3v) is 0. The summed E-state index contributed by atoms with van der Waals surface area (Å²) >= 11 is -2.71. The normalized spacial score (nSPS) is 4.67. The number of hydrogen-bond donors (Lipinski definition) is 0. The predicted molar refractivity (Wildman–Crippen MR) is 15.1 cm³/mol. The Labute approximate surface area is 51.8 Å². The minimum atomic E-state index is -2.83. The maximum absolute atomic E-state index is 9.14. The van der Waals surface area contributed by atoms with Gasteiger partial charge in [0.1, 0.15) is 0 Å². The summed E-state index contributed by atoms with van der Waals surface area (Å²) in [7, 11) is 0. The van der Waals surface area contributed by atoms with Crippen LogP contribution in [0.4, 0.5) is 0 Å². The van der Waals surface area contributed by atoms with Crippen molar-refractivity contribution in [1.82, 2.24) is 0 Å². The zero-order valence-electron chi connectivity index (χ0n) is 3.43. The average molecular weight is 182 g/mol. The van der Waals surface area contributed by atoms with Gasteiger partial charge in [0.15, 0.2) is 0 Å². The van der Waals surface area contributed by atoms with Crippen molar-refractivity contribution in [2.45, 2.75) is 5.23 Å². The van der Waals surface area contributed by atoms with Crippen LogP contribution in [0.15, 0.2) is 0 Å². The van der Waals surface area contributed by atoms with Crippen LogP contribution in [0.3, 0.4) is 0 Å². The minimum absolute atomic E-state index is 0.125. The standard InChI is InChI=1S/CH3.Ga.3O.Ti.H/h1H3;;;;;;. The van der Waals surface area contributed by atoms with Crippen LogP contribution < -0.4 is 0 Å². The van der Waals surface area contributed by atoms with Gasteiger partial charge < -0.3 is 0 Å². The molecule has 0 aromatic carbocycles. The monoisotopic (exact) mass is 181 g/mol. The van der Waals surface area contributed by atoms with Gasteiger partial charge in [0.05, 0.1) is 0 Å². The Kier molecular flexibility index (Phi) is 15.2. The van der Waals surface area contributed by atoms with Gasteiger partial charge in [-0.2, -0.15) is 0 Å². The Morgan fingerprint density at radius 2 is 1.33 bits per heavy atom. The van der Waals surface area contributed by atoms with Crippen LogP contribution in [0, 0.1) is 0 Å². The number of hydrogen-bond acceptors (Lipinski definition) is 3. The molecule has 0 spiro atoms. The first-order valence-corrected chi connectivity index (χ1v) is 5.24. The van der Waals surface area contributed by atoms with Crippen molar-refractivity contribution < 1.29 is 28.0 Å². The molecule has 0 aromatic rings. The molecule has 0 saturated carbocycles. The van der Waals surface area contributed by atoms with E-state index in [1.54, 1.807) is 0 Å². The summed E-state index contributed by atoms with van der Waals surface area (Å²) in [6.45, 7) is 0. The molecular formula is CH4GaO3Ti. The molecule has 0 amide bonds. The van der Waals surface area contributed by atoms with E-state index < -0.39 is 17.8 Å². The van der Waals surface area contributed by atoms with Crippen LogP contribution in [0.5, 0.6) is 0 Å².